The Bertz CT molecular complexity index is 965. The van der Waals surface area contributed by atoms with Crippen molar-refractivity contribution in [3.63, 3.8) is 0 Å². The molecule has 25 heavy (non-hydrogen) atoms. The summed E-state index contributed by atoms with van der Waals surface area (Å²) in [5.74, 6) is -0.184. The molecule has 0 aliphatic heterocycles. The van der Waals surface area contributed by atoms with Crippen LogP contribution >= 0.6 is 0 Å². The number of hydrogen-bond acceptors (Lipinski definition) is 5. The van der Waals surface area contributed by atoms with Gasteiger partial charge < -0.3 is 10.2 Å². The maximum Gasteiger partial charge on any atom is 0.277 e. The van der Waals surface area contributed by atoms with Gasteiger partial charge in [-0.05, 0) is 24.3 Å². The number of anilines is 2. The number of nitrogens with one attached hydrogen (secondary N) is 1. The van der Waals surface area contributed by atoms with Crippen LogP contribution in [0.15, 0.2) is 53.3 Å². The average Bonchev–Trinajstić information content (AvgIpc) is 2.61. The van der Waals surface area contributed by atoms with Crippen LogP contribution in [0.25, 0.3) is 10.9 Å². The molecule has 0 aliphatic rings. The summed E-state index contributed by atoms with van der Waals surface area (Å²) in [6.45, 7) is 0.173. The summed E-state index contributed by atoms with van der Waals surface area (Å²) in [6, 6.07) is 14.6. The molecule has 3 rings (SSSR count). The SMILES string of the molecule is CN(C)c1ccccc1NC(=O)CCn1nnc2ccccc2c1=O. The zero-order chi connectivity index (χ0) is 17.8. The lowest BCUT2D eigenvalue weighted by Crippen LogP contribution is -2.26. The molecule has 1 heterocycles. The van der Waals surface area contributed by atoms with Crippen molar-refractivity contribution in [2.24, 2.45) is 0 Å². The summed E-state index contributed by atoms with van der Waals surface area (Å²) >= 11 is 0. The minimum atomic E-state index is -0.243. The summed E-state index contributed by atoms with van der Waals surface area (Å²) in [7, 11) is 3.82. The molecule has 3 aromatic rings. The van der Waals surface area contributed by atoms with Gasteiger partial charge in [-0.15, -0.1) is 5.10 Å². The van der Waals surface area contributed by atoms with E-state index in [1.807, 2.05) is 43.3 Å². The first-order valence-corrected chi connectivity index (χ1v) is 7.95. The van der Waals surface area contributed by atoms with E-state index in [0.717, 1.165) is 11.4 Å². The van der Waals surface area contributed by atoms with E-state index in [0.29, 0.717) is 10.9 Å². The molecular formula is C18H19N5O2. The Labute approximate surface area is 144 Å². The molecule has 0 aliphatic carbocycles. The van der Waals surface area contributed by atoms with Crippen LogP contribution in [0.5, 0.6) is 0 Å². The number of fused-ring (bicyclic) bond motifs is 1. The minimum Gasteiger partial charge on any atom is -0.376 e. The number of aromatic nitrogens is 3. The number of aryl methyl sites for hydroxylation is 1. The Kier molecular flexibility index (Phi) is 4.74. The molecular weight excluding hydrogens is 318 g/mol. The Morgan fingerprint density at radius 2 is 1.84 bits per heavy atom. The van der Waals surface area contributed by atoms with Crippen molar-refractivity contribution >= 4 is 28.2 Å². The quantitative estimate of drug-likeness (QED) is 0.769. The van der Waals surface area contributed by atoms with Gasteiger partial charge in [-0.3, -0.25) is 9.59 Å². The maximum atomic E-state index is 12.4. The van der Waals surface area contributed by atoms with Crippen molar-refractivity contribution in [3.05, 3.63) is 58.9 Å². The summed E-state index contributed by atoms with van der Waals surface area (Å²) < 4.78 is 1.22. The Morgan fingerprint density at radius 1 is 1.12 bits per heavy atom. The highest BCUT2D eigenvalue weighted by Gasteiger charge is 2.10. The van der Waals surface area contributed by atoms with E-state index < -0.39 is 0 Å². The number of rotatable bonds is 5. The van der Waals surface area contributed by atoms with E-state index >= 15 is 0 Å². The molecule has 0 bridgehead atoms. The molecule has 0 unspecified atom stereocenters. The van der Waals surface area contributed by atoms with Gasteiger partial charge in [0.05, 0.1) is 23.3 Å². The van der Waals surface area contributed by atoms with Gasteiger partial charge >= 0.3 is 0 Å². The molecule has 2 aromatic carbocycles. The lowest BCUT2D eigenvalue weighted by molar-refractivity contribution is -0.116. The van der Waals surface area contributed by atoms with Crippen LogP contribution in [0.4, 0.5) is 11.4 Å². The van der Waals surface area contributed by atoms with Gasteiger partial charge in [0.2, 0.25) is 5.91 Å². The summed E-state index contributed by atoms with van der Waals surface area (Å²) in [6.07, 6.45) is 0.134. The smallest absolute Gasteiger partial charge is 0.277 e. The van der Waals surface area contributed by atoms with E-state index in [1.54, 1.807) is 24.3 Å². The minimum absolute atomic E-state index is 0.134. The topological polar surface area (TPSA) is 80.1 Å². The van der Waals surface area contributed by atoms with Crippen LogP contribution in [0, 0.1) is 0 Å². The van der Waals surface area contributed by atoms with E-state index in [4.69, 9.17) is 0 Å². The molecule has 128 valence electrons. The molecule has 7 nitrogen and oxygen atoms in total. The fourth-order valence-electron chi connectivity index (χ4n) is 2.56. The standard InChI is InChI=1S/C18H19N5O2/c1-22(2)16-10-6-5-9-15(16)19-17(24)11-12-23-18(25)13-7-3-4-8-14(13)20-21-23/h3-10H,11-12H2,1-2H3,(H,19,24). The molecule has 0 spiro atoms. The zero-order valence-electron chi connectivity index (χ0n) is 14.1. The second-order valence-electron chi connectivity index (χ2n) is 5.84. The van der Waals surface area contributed by atoms with E-state index in [-0.39, 0.29) is 24.4 Å². The van der Waals surface area contributed by atoms with Crippen LogP contribution in [0.1, 0.15) is 6.42 Å². The molecule has 1 amide bonds. The predicted octanol–water partition coefficient (Wildman–Crippen LogP) is 1.89. The Balaban J connectivity index is 1.71. The number of amides is 1. The molecule has 0 atom stereocenters. The fourth-order valence-corrected chi connectivity index (χ4v) is 2.56. The van der Waals surface area contributed by atoms with Crippen LogP contribution in [0.2, 0.25) is 0 Å². The Morgan fingerprint density at radius 3 is 2.64 bits per heavy atom. The summed E-state index contributed by atoms with van der Waals surface area (Å²) in [5.41, 5.74) is 1.95. The fraction of sp³-hybridized carbons (Fsp3) is 0.222. The van der Waals surface area contributed by atoms with Gasteiger partial charge in [-0.2, -0.15) is 0 Å². The number of para-hydroxylation sites is 2. The van der Waals surface area contributed by atoms with Gasteiger partial charge in [0, 0.05) is 20.5 Å². The first kappa shape index (κ1) is 16.6. The highest BCUT2D eigenvalue weighted by atomic mass is 16.2. The average molecular weight is 337 g/mol. The van der Waals surface area contributed by atoms with Crippen molar-refractivity contribution in [3.8, 4) is 0 Å². The third-order valence-electron chi connectivity index (χ3n) is 3.84. The molecule has 0 saturated heterocycles. The third-order valence-corrected chi connectivity index (χ3v) is 3.84. The monoisotopic (exact) mass is 337 g/mol. The van der Waals surface area contributed by atoms with Crippen molar-refractivity contribution in [1.29, 1.82) is 0 Å². The second-order valence-corrected chi connectivity index (χ2v) is 5.84. The highest BCUT2D eigenvalue weighted by Crippen LogP contribution is 2.23. The molecule has 1 N–H and O–H groups in total. The summed E-state index contributed by atoms with van der Waals surface area (Å²) in [4.78, 5) is 26.5. The predicted molar refractivity (Wildman–Crippen MR) is 97.8 cm³/mol. The molecule has 1 aromatic heterocycles. The number of nitrogens with zero attached hydrogens (tertiary/aromatic N) is 4. The van der Waals surface area contributed by atoms with Crippen molar-refractivity contribution in [2.45, 2.75) is 13.0 Å². The van der Waals surface area contributed by atoms with E-state index in [2.05, 4.69) is 15.6 Å². The molecule has 7 heteroatoms. The van der Waals surface area contributed by atoms with Crippen molar-refractivity contribution in [2.75, 3.05) is 24.3 Å². The molecule has 0 fully saturated rings. The number of hydrogen-bond donors (Lipinski definition) is 1. The van der Waals surface area contributed by atoms with Crippen LogP contribution < -0.4 is 15.8 Å². The van der Waals surface area contributed by atoms with Gasteiger partial charge in [0.25, 0.3) is 5.56 Å². The van der Waals surface area contributed by atoms with Crippen molar-refractivity contribution in [1.82, 2.24) is 15.0 Å². The second kappa shape index (κ2) is 7.12. The van der Waals surface area contributed by atoms with Gasteiger partial charge in [0.1, 0.15) is 5.52 Å². The number of benzene rings is 2. The lowest BCUT2D eigenvalue weighted by atomic mass is 10.2. The van der Waals surface area contributed by atoms with Gasteiger partial charge in [-0.1, -0.05) is 29.5 Å². The van der Waals surface area contributed by atoms with Crippen LogP contribution in [-0.4, -0.2) is 35.0 Å². The van der Waals surface area contributed by atoms with Crippen LogP contribution in [-0.2, 0) is 11.3 Å². The molecule has 0 saturated carbocycles. The summed E-state index contributed by atoms with van der Waals surface area (Å²) in [5, 5.41) is 11.3. The maximum absolute atomic E-state index is 12.4. The third kappa shape index (κ3) is 3.65. The largest absolute Gasteiger partial charge is 0.376 e. The van der Waals surface area contributed by atoms with Gasteiger partial charge in [-0.25, -0.2) is 4.68 Å². The molecule has 0 radical (unpaired) electrons. The first-order chi connectivity index (χ1) is 12.1. The first-order valence-electron chi connectivity index (χ1n) is 7.95. The number of carbonyl (C=O) groups excluding carboxylic acids is 1. The lowest BCUT2D eigenvalue weighted by Gasteiger charge is -2.17. The van der Waals surface area contributed by atoms with Gasteiger partial charge in [0.15, 0.2) is 0 Å². The van der Waals surface area contributed by atoms with E-state index in [1.165, 1.54) is 4.68 Å². The van der Waals surface area contributed by atoms with Crippen LogP contribution in [0.3, 0.4) is 0 Å². The Hall–Kier alpha value is -3.22. The highest BCUT2D eigenvalue weighted by molar-refractivity contribution is 5.94. The normalized spacial score (nSPS) is 10.6. The van der Waals surface area contributed by atoms with E-state index in [9.17, 15) is 9.59 Å². The van der Waals surface area contributed by atoms with Crippen molar-refractivity contribution < 1.29 is 4.79 Å². The number of carbonyl (C=O) groups is 1. The zero-order valence-corrected chi connectivity index (χ0v) is 14.1.